The van der Waals surface area contributed by atoms with Crippen molar-refractivity contribution in [2.24, 2.45) is 0 Å². The van der Waals surface area contributed by atoms with E-state index >= 15 is 0 Å². The molecule has 2 rings (SSSR count). The minimum absolute atomic E-state index is 0.0980. The summed E-state index contributed by atoms with van der Waals surface area (Å²) in [6, 6.07) is 0. The normalized spacial score (nSPS) is 15.4. The molecule has 28 heavy (non-hydrogen) atoms. The Bertz CT molecular complexity index is 944. The molecule has 0 aromatic heterocycles. The van der Waals surface area contributed by atoms with Crippen molar-refractivity contribution in [2.45, 2.75) is 77.9 Å². The Morgan fingerprint density at radius 3 is 2.25 bits per heavy atom. The monoisotopic (exact) mass is 411 g/mol. The lowest BCUT2D eigenvalue weighted by atomic mass is 9.94. The van der Waals surface area contributed by atoms with Gasteiger partial charge in [0.1, 0.15) is 17.0 Å². The van der Waals surface area contributed by atoms with Crippen molar-refractivity contribution in [2.75, 3.05) is 0 Å². The Hall–Kier alpha value is -2.29. The number of alkyl carbamates (subject to hydrolysis) is 1. The summed E-state index contributed by atoms with van der Waals surface area (Å²) in [5, 5.41) is 9.90. The second-order valence-electron chi connectivity index (χ2n) is 8.66. The Balaban J connectivity index is 2.34. The SMILES string of the molecule is Cc1c(C)c(S(=O)(=O)NC(=N)NC(=O)OC(C)(C)C)c(C)c2c1OC(C)(C)C2. The van der Waals surface area contributed by atoms with Crippen LogP contribution < -0.4 is 14.8 Å². The van der Waals surface area contributed by atoms with Gasteiger partial charge in [0.25, 0.3) is 10.0 Å². The van der Waals surface area contributed by atoms with Crippen LogP contribution in [0.15, 0.2) is 4.90 Å². The summed E-state index contributed by atoms with van der Waals surface area (Å²) < 4.78 is 39.1. The predicted octanol–water partition coefficient (Wildman–Crippen LogP) is 3.06. The summed E-state index contributed by atoms with van der Waals surface area (Å²) in [6.07, 6.45) is -0.320. The number of ether oxygens (including phenoxy) is 2. The van der Waals surface area contributed by atoms with Crippen molar-refractivity contribution in [3.05, 3.63) is 22.3 Å². The number of carbonyl (C=O) groups excluding carboxylic acids is 1. The van der Waals surface area contributed by atoms with E-state index in [9.17, 15) is 13.2 Å². The Morgan fingerprint density at radius 2 is 1.71 bits per heavy atom. The Kier molecular flexibility index (Phi) is 5.46. The largest absolute Gasteiger partial charge is 0.487 e. The number of rotatable bonds is 2. The molecular weight excluding hydrogens is 382 g/mol. The first kappa shape index (κ1) is 22.0. The van der Waals surface area contributed by atoms with E-state index in [1.165, 1.54) is 0 Å². The van der Waals surface area contributed by atoms with E-state index in [4.69, 9.17) is 14.9 Å². The maximum absolute atomic E-state index is 13.0. The topological polar surface area (TPSA) is 118 Å². The standard InChI is InChI=1S/C19H29N3O5S/c1-10-11(2)15(12(3)13-9-19(7,8)26-14(10)13)28(24,25)22-16(20)21-17(23)27-18(4,5)6/h9H2,1-8H3,(H3,20,21,22,23). The number of sulfonamides is 1. The van der Waals surface area contributed by atoms with Gasteiger partial charge in [-0.3, -0.25) is 10.7 Å². The molecule has 1 aromatic rings. The van der Waals surface area contributed by atoms with E-state index in [0.29, 0.717) is 17.5 Å². The van der Waals surface area contributed by atoms with E-state index in [1.807, 2.05) is 20.8 Å². The van der Waals surface area contributed by atoms with Crippen LogP contribution in [-0.4, -0.2) is 31.7 Å². The van der Waals surface area contributed by atoms with Crippen LogP contribution in [-0.2, 0) is 21.2 Å². The molecule has 156 valence electrons. The Labute approximate surface area is 166 Å². The van der Waals surface area contributed by atoms with Crippen LogP contribution in [0.25, 0.3) is 0 Å². The van der Waals surface area contributed by atoms with Crippen LogP contribution in [0, 0.1) is 26.2 Å². The molecule has 1 aromatic carbocycles. The van der Waals surface area contributed by atoms with Gasteiger partial charge in [0, 0.05) is 12.0 Å². The lowest BCUT2D eigenvalue weighted by molar-refractivity contribution is 0.0562. The van der Waals surface area contributed by atoms with E-state index in [0.717, 1.165) is 16.9 Å². The zero-order chi connectivity index (χ0) is 21.7. The summed E-state index contributed by atoms with van der Waals surface area (Å²) in [5.41, 5.74) is 1.55. The average molecular weight is 412 g/mol. The van der Waals surface area contributed by atoms with Crippen molar-refractivity contribution in [3.8, 4) is 5.75 Å². The fourth-order valence-corrected chi connectivity index (χ4v) is 4.77. The van der Waals surface area contributed by atoms with Crippen molar-refractivity contribution in [1.82, 2.24) is 10.0 Å². The highest BCUT2D eigenvalue weighted by Crippen LogP contribution is 2.43. The van der Waals surface area contributed by atoms with Crippen molar-refractivity contribution in [3.63, 3.8) is 0 Å². The van der Waals surface area contributed by atoms with E-state index < -0.39 is 33.3 Å². The Morgan fingerprint density at radius 1 is 1.14 bits per heavy atom. The van der Waals surface area contributed by atoms with Gasteiger partial charge < -0.3 is 9.47 Å². The van der Waals surface area contributed by atoms with Gasteiger partial charge in [-0.15, -0.1) is 0 Å². The zero-order valence-electron chi connectivity index (χ0n) is 17.7. The minimum Gasteiger partial charge on any atom is -0.487 e. The molecule has 0 atom stereocenters. The number of fused-ring (bicyclic) bond motifs is 1. The number of carbonyl (C=O) groups is 1. The number of amides is 1. The molecule has 9 heteroatoms. The number of hydrogen-bond donors (Lipinski definition) is 3. The van der Waals surface area contributed by atoms with Crippen LogP contribution in [0.2, 0.25) is 0 Å². The lowest BCUT2D eigenvalue weighted by Crippen LogP contribution is -2.45. The molecule has 0 saturated carbocycles. The maximum Gasteiger partial charge on any atom is 0.414 e. The fourth-order valence-electron chi connectivity index (χ4n) is 3.26. The number of benzene rings is 1. The first-order valence-corrected chi connectivity index (χ1v) is 10.5. The van der Waals surface area contributed by atoms with Crippen molar-refractivity contribution in [1.29, 1.82) is 5.41 Å². The smallest absolute Gasteiger partial charge is 0.414 e. The van der Waals surface area contributed by atoms with Gasteiger partial charge in [0.05, 0.1) is 4.90 Å². The fraction of sp³-hybridized carbons (Fsp3) is 0.579. The number of guanidine groups is 1. The van der Waals surface area contributed by atoms with Crippen LogP contribution in [0.5, 0.6) is 5.75 Å². The molecular formula is C19H29N3O5S. The summed E-state index contributed by atoms with van der Waals surface area (Å²) in [6.45, 7) is 14.2. The van der Waals surface area contributed by atoms with Crippen LogP contribution in [0.4, 0.5) is 4.79 Å². The van der Waals surface area contributed by atoms with Gasteiger partial charge in [0.2, 0.25) is 5.96 Å². The van der Waals surface area contributed by atoms with E-state index in [2.05, 4.69) is 10.0 Å². The van der Waals surface area contributed by atoms with Gasteiger partial charge in [-0.2, -0.15) is 0 Å². The van der Waals surface area contributed by atoms with Crippen molar-refractivity contribution < 1.29 is 22.7 Å². The van der Waals surface area contributed by atoms with Crippen LogP contribution in [0.3, 0.4) is 0 Å². The number of nitrogens with one attached hydrogen (secondary N) is 3. The average Bonchev–Trinajstić information content (AvgIpc) is 2.78. The molecule has 0 unspecified atom stereocenters. The molecule has 3 N–H and O–H groups in total. The van der Waals surface area contributed by atoms with Gasteiger partial charge in [-0.05, 0) is 72.1 Å². The summed E-state index contributed by atoms with van der Waals surface area (Å²) in [4.78, 5) is 11.9. The molecule has 0 spiro atoms. The molecule has 1 heterocycles. The van der Waals surface area contributed by atoms with Gasteiger partial charge in [0.15, 0.2) is 0 Å². The molecule has 8 nitrogen and oxygen atoms in total. The molecule has 0 aliphatic carbocycles. The van der Waals surface area contributed by atoms with E-state index in [-0.39, 0.29) is 4.90 Å². The van der Waals surface area contributed by atoms with Gasteiger partial charge in [-0.1, -0.05) is 0 Å². The molecule has 1 aliphatic heterocycles. The molecule has 0 radical (unpaired) electrons. The highest BCUT2D eigenvalue weighted by atomic mass is 32.2. The van der Waals surface area contributed by atoms with Gasteiger partial charge >= 0.3 is 6.09 Å². The van der Waals surface area contributed by atoms with Crippen LogP contribution in [0.1, 0.15) is 56.9 Å². The predicted molar refractivity (Wildman–Crippen MR) is 106 cm³/mol. The molecule has 0 saturated heterocycles. The number of hydrogen-bond acceptors (Lipinski definition) is 6. The summed E-state index contributed by atoms with van der Waals surface area (Å²) in [7, 11) is -4.09. The third-order valence-corrected chi connectivity index (χ3v) is 6.05. The first-order valence-electron chi connectivity index (χ1n) is 8.97. The quantitative estimate of drug-likeness (QED) is 0.511. The molecule has 0 fully saturated rings. The van der Waals surface area contributed by atoms with Crippen molar-refractivity contribution >= 4 is 22.1 Å². The molecule has 0 bridgehead atoms. The highest BCUT2D eigenvalue weighted by molar-refractivity contribution is 7.90. The summed E-state index contributed by atoms with van der Waals surface area (Å²) in [5.74, 6) is 0.0451. The zero-order valence-corrected chi connectivity index (χ0v) is 18.5. The maximum atomic E-state index is 13.0. The third kappa shape index (κ3) is 4.57. The highest BCUT2D eigenvalue weighted by Gasteiger charge is 2.36. The molecule has 1 amide bonds. The molecule has 1 aliphatic rings. The second kappa shape index (κ2) is 6.95. The second-order valence-corrected chi connectivity index (χ2v) is 10.3. The van der Waals surface area contributed by atoms with E-state index in [1.54, 1.807) is 34.6 Å². The van der Waals surface area contributed by atoms with Crippen LogP contribution >= 0.6 is 0 Å². The lowest BCUT2D eigenvalue weighted by Gasteiger charge is -2.21. The summed E-state index contributed by atoms with van der Waals surface area (Å²) >= 11 is 0. The first-order chi connectivity index (χ1) is 12.5. The van der Waals surface area contributed by atoms with Gasteiger partial charge in [-0.25, -0.2) is 17.9 Å². The third-order valence-electron chi connectivity index (χ3n) is 4.42. The minimum atomic E-state index is -4.09.